The van der Waals surface area contributed by atoms with Crippen LogP contribution in [0, 0.1) is 0 Å². The van der Waals surface area contributed by atoms with Crippen molar-refractivity contribution >= 4 is 25.7 Å². The first-order valence-electron chi connectivity index (χ1n) is 15.7. The SMILES string of the molecule is CCCCCCCC/C=C\CCCCCCCC(=O)OC(COC(=O)CCCCC)COP(=O)(O)OCC(N)C(=O)O. The molecule has 0 aromatic heterocycles. The van der Waals surface area contributed by atoms with Gasteiger partial charge in [-0.1, -0.05) is 90.2 Å². The van der Waals surface area contributed by atoms with Gasteiger partial charge in [0, 0.05) is 12.8 Å². The molecule has 246 valence electrons. The van der Waals surface area contributed by atoms with Gasteiger partial charge in [0.1, 0.15) is 12.6 Å². The third-order valence-corrected chi connectivity index (χ3v) is 7.46. The number of phosphoric acid groups is 1. The predicted octanol–water partition coefficient (Wildman–Crippen LogP) is 6.60. The smallest absolute Gasteiger partial charge is 0.472 e. The zero-order valence-electron chi connectivity index (χ0n) is 25.8. The maximum atomic E-state index is 12.4. The highest BCUT2D eigenvalue weighted by atomic mass is 31.2. The van der Waals surface area contributed by atoms with E-state index in [0.29, 0.717) is 12.8 Å². The van der Waals surface area contributed by atoms with Crippen molar-refractivity contribution in [3.8, 4) is 0 Å². The first-order valence-corrected chi connectivity index (χ1v) is 17.2. The van der Waals surface area contributed by atoms with Crippen molar-refractivity contribution in [2.45, 2.75) is 142 Å². The Hall–Kier alpha value is -1.78. The van der Waals surface area contributed by atoms with E-state index in [4.69, 9.17) is 24.8 Å². The van der Waals surface area contributed by atoms with Gasteiger partial charge in [-0.15, -0.1) is 0 Å². The highest BCUT2D eigenvalue weighted by Crippen LogP contribution is 2.43. The molecule has 11 nitrogen and oxygen atoms in total. The molecule has 0 fully saturated rings. The molecule has 4 N–H and O–H groups in total. The fourth-order valence-electron chi connectivity index (χ4n) is 3.94. The quantitative estimate of drug-likeness (QED) is 0.0355. The van der Waals surface area contributed by atoms with Gasteiger partial charge in [0.15, 0.2) is 6.10 Å². The van der Waals surface area contributed by atoms with Crippen LogP contribution in [-0.2, 0) is 37.5 Å². The Bertz CT molecular complexity index is 792. The Labute approximate surface area is 252 Å². The summed E-state index contributed by atoms with van der Waals surface area (Å²) in [5, 5.41) is 8.77. The third kappa shape index (κ3) is 25.9. The summed E-state index contributed by atoms with van der Waals surface area (Å²) in [6.07, 6.45) is 21.0. The lowest BCUT2D eigenvalue weighted by Crippen LogP contribution is -2.34. The number of nitrogens with two attached hydrogens (primary N) is 1. The molecule has 0 heterocycles. The van der Waals surface area contributed by atoms with Crippen LogP contribution in [-0.4, -0.2) is 59.9 Å². The lowest BCUT2D eigenvalue weighted by Gasteiger charge is -2.20. The van der Waals surface area contributed by atoms with Crippen LogP contribution in [0.2, 0.25) is 0 Å². The summed E-state index contributed by atoms with van der Waals surface area (Å²) < 4.78 is 32.0. The number of carbonyl (C=O) groups is 3. The van der Waals surface area contributed by atoms with Crippen molar-refractivity contribution in [2.75, 3.05) is 19.8 Å². The Morgan fingerprint density at radius 2 is 1.19 bits per heavy atom. The van der Waals surface area contributed by atoms with E-state index < -0.39 is 51.1 Å². The number of hydrogen-bond acceptors (Lipinski definition) is 9. The van der Waals surface area contributed by atoms with Crippen molar-refractivity contribution < 1.29 is 47.5 Å². The number of ether oxygens (including phenoxy) is 2. The largest absolute Gasteiger partial charge is 0.480 e. The summed E-state index contributed by atoms with van der Waals surface area (Å²) in [5.74, 6) is -2.42. The van der Waals surface area contributed by atoms with Gasteiger partial charge in [-0.2, -0.15) is 0 Å². The molecular weight excluding hydrogens is 565 g/mol. The summed E-state index contributed by atoms with van der Waals surface area (Å²) in [6, 6.07) is -1.52. The van der Waals surface area contributed by atoms with E-state index in [2.05, 4.69) is 23.6 Å². The second kappa shape index (κ2) is 26.8. The molecule has 0 aliphatic heterocycles. The summed E-state index contributed by atoms with van der Waals surface area (Å²) >= 11 is 0. The summed E-state index contributed by atoms with van der Waals surface area (Å²) in [5.41, 5.74) is 5.26. The van der Waals surface area contributed by atoms with Crippen LogP contribution in [0.15, 0.2) is 12.2 Å². The molecule has 0 aliphatic carbocycles. The molecule has 0 bridgehead atoms. The molecule has 3 unspecified atom stereocenters. The summed E-state index contributed by atoms with van der Waals surface area (Å²) in [6.45, 7) is 2.55. The highest BCUT2D eigenvalue weighted by molar-refractivity contribution is 7.47. The van der Waals surface area contributed by atoms with Crippen LogP contribution in [0.3, 0.4) is 0 Å². The normalized spacial score (nSPS) is 14.4. The first kappa shape index (κ1) is 40.2. The molecule has 0 amide bonds. The zero-order valence-corrected chi connectivity index (χ0v) is 26.7. The monoisotopic (exact) mass is 621 g/mol. The summed E-state index contributed by atoms with van der Waals surface area (Å²) in [4.78, 5) is 44.9. The number of esters is 2. The van der Waals surface area contributed by atoms with Crippen LogP contribution in [0.25, 0.3) is 0 Å². The maximum absolute atomic E-state index is 12.4. The van der Waals surface area contributed by atoms with Gasteiger partial charge < -0.3 is 25.2 Å². The number of phosphoric ester groups is 1. The number of allylic oxidation sites excluding steroid dienone is 2. The van der Waals surface area contributed by atoms with Crippen LogP contribution in [0.5, 0.6) is 0 Å². The standard InChI is InChI=1S/C30H56NO10P/c1-3-5-7-8-9-10-11-12-13-14-15-16-17-18-20-22-29(33)41-26(23-38-28(32)21-19-6-4-2)24-39-42(36,37)40-25-27(31)30(34)35/h12-13,26-27H,3-11,14-25,31H2,1-2H3,(H,34,35)(H,36,37)/b13-12-. The number of unbranched alkanes of at least 4 members (excludes halogenated alkanes) is 13. The van der Waals surface area contributed by atoms with Gasteiger partial charge in [-0.05, 0) is 38.5 Å². The number of hydrogen-bond donors (Lipinski definition) is 3. The fourth-order valence-corrected chi connectivity index (χ4v) is 4.72. The van der Waals surface area contributed by atoms with Crippen molar-refractivity contribution in [3.05, 3.63) is 12.2 Å². The van der Waals surface area contributed by atoms with Gasteiger partial charge in [0.05, 0.1) is 13.2 Å². The van der Waals surface area contributed by atoms with Crippen molar-refractivity contribution in [1.82, 2.24) is 0 Å². The van der Waals surface area contributed by atoms with Crippen LogP contribution in [0.1, 0.15) is 129 Å². The van der Waals surface area contributed by atoms with Gasteiger partial charge in [-0.25, -0.2) is 4.57 Å². The average Bonchev–Trinajstić information content (AvgIpc) is 2.95. The first-order chi connectivity index (χ1) is 20.1. The molecule has 0 aliphatic rings. The minimum Gasteiger partial charge on any atom is -0.480 e. The molecule has 0 saturated carbocycles. The highest BCUT2D eigenvalue weighted by Gasteiger charge is 2.28. The van der Waals surface area contributed by atoms with E-state index >= 15 is 0 Å². The maximum Gasteiger partial charge on any atom is 0.472 e. The van der Waals surface area contributed by atoms with Crippen molar-refractivity contribution in [3.63, 3.8) is 0 Å². The lowest BCUT2D eigenvalue weighted by molar-refractivity contribution is -0.161. The van der Waals surface area contributed by atoms with Gasteiger partial charge in [0.2, 0.25) is 0 Å². The predicted molar refractivity (Wildman–Crippen MR) is 162 cm³/mol. The second-order valence-electron chi connectivity index (χ2n) is 10.6. The van der Waals surface area contributed by atoms with E-state index in [-0.39, 0.29) is 19.4 Å². The van der Waals surface area contributed by atoms with Gasteiger partial charge in [-0.3, -0.25) is 23.4 Å². The van der Waals surface area contributed by atoms with Gasteiger partial charge >= 0.3 is 25.7 Å². The Morgan fingerprint density at radius 1 is 0.714 bits per heavy atom. The van der Waals surface area contributed by atoms with Gasteiger partial charge in [0.25, 0.3) is 0 Å². The molecule has 0 saturated heterocycles. The minimum absolute atomic E-state index is 0.153. The van der Waals surface area contributed by atoms with Crippen molar-refractivity contribution in [2.24, 2.45) is 5.73 Å². The van der Waals surface area contributed by atoms with Crippen LogP contribution < -0.4 is 5.73 Å². The Balaban J connectivity index is 4.35. The average molecular weight is 622 g/mol. The minimum atomic E-state index is -4.69. The molecule has 3 atom stereocenters. The topological polar surface area (TPSA) is 172 Å². The fraction of sp³-hybridized carbons (Fsp3) is 0.833. The van der Waals surface area contributed by atoms with E-state index in [1.807, 2.05) is 6.92 Å². The molecule has 0 radical (unpaired) electrons. The number of rotatable bonds is 29. The second-order valence-corrected chi connectivity index (χ2v) is 12.0. The number of carbonyl (C=O) groups excluding carboxylic acids is 2. The molecule has 42 heavy (non-hydrogen) atoms. The van der Waals surface area contributed by atoms with Crippen LogP contribution in [0.4, 0.5) is 0 Å². The van der Waals surface area contributed by atoms with E-state index in [9.17, 15) is 23.8 Å². The van der Waals surface area contributed by atoms with Crippen LogP contribution >= 0.6 is 7.82 Å². The Morgan fingerprint density at radius 3 is 1.79 bits per heavy atom. The zero-order chi connectivity index (χ0) is 31.5. The summed E-state index contributed by atoms with van der Waals surface area (Å²) in [7, 11) is -4.69. The molecule has 0 aromatic rings. The molecule has 12 heteroatoms. The molecular formula is C30H56NO10P. The van der Waals surface area contributed by atoms with E-state index in [1.165, 1.54) is 38.5 Å². The Kier molecular flexibility index (Phi) is 25.7. The number of carboxylic acid groups (broad SMARTS) is 1. The van der Waals surface area contributed by atoms with Crippen molar-refractivity contribution in [1.29, 1.82) is 0 Å². The number of aliphatic carboxylic acids is 1. The number of carboxylic acids is 1. The van der Waals surface area contributed by atoms with E-state index in [0.717, 1.165) is 51.4 Å². The third-order valence-electron chi connectivity index (χ3n) is 6.51. The molecule has 0 spiro atoms. The molecule has 0 rings (SSSR count). The molecule has 0 aromatic carbocycles. The van der Waals surface area contributed by atoms with E-state index in [1.54, 1.807) is 0 Å². The lowest BCUT2D eigenvalue weighted by atomic mass is 10.1.